The van der Waals surface area contributed by atoms with Crippen molar-refractivity contribution in [3.63, 3.8) is 0 Å². The molecule has 204 valence electrons. The number of esters is 3. The van der Waals surface area contributed by atoms with Crippen LogP contribution >= 0.6 is 0 Å². The van der Waals surface area contributed by atoms with E-state index in [-0.39, 0.29) is 34.1 Å². The van der Waals surface area contributed by atoms with Gasteiger partial charge < -0.3 is 14.2 Å². The molecule has 1 atom stereocenters. The Labute approximate surface area is 232 Å². The van der Waals surface area contributed by atoms with Gasteiger partial charge in [0.2, 0.25) is 0 Å². The Morgan fingerprint density at radius 2 is 1.55 bits per heavy atom. The molecule has 4 rings (SSSR count). The molecule has 0 heterocycles. The zero-order chi connectivity index (χ0) is 29.0. The van der Waals surface area contributed by atoms with E-state index in [1.807, 2.05) is 18.2 Å². The highest BCUT2D eigenvalue weighted by Gasteiger charge is 2.24. The maximum Gasteiger partial charge on any atom is 0.338 e. The van der Waals surface area contributed by atoms with Crippen molar-refractivity contribution in [1.29, 1.82) is 0 Å². The van der Waals surface area contributed by atoms with Gasteiger partial charge in [-0.3, -0.25) is 0 Å². The van der Waals surface area contributed by atoms with E-state index in [0.717, 1.165) is 35.6 Å². The van der Waals surface area contributed by atoms with Gasteiger partial charge >= 0.3 is 17.9 Å². The summed E-state index contributed by atoms with van der Waals surface area (Å²) in [6.45, 7) is 13.9. The summed E-state index contributed by atoms with van der Waals surface area (Å²) >= 11 is 0. The summed E-state index contributed by atoms with van der Waals surface area (Å²) in [5, 5.41) is 0. The molecule has 3 aromatic rings. The summed E-state index contributed by atoms with van der Waals surface area (Å²) in [7, 11) is 0. The van der Waals surface area contributed by atoms with E-state index < -0.39 is 23.7 Å². The topological polar surface area (TPSA) is 78.9 Å². The number of rotatable bonds is 9. The number of hydrogen-bond acceptors (Lipinski definition) is 6. The molecule has 1 unspecified atom stereocenters. The fourth-order valence-corrected chi connectivity index (χ4v) is 4.47. The Bertz CT molecular complexity index is 1550. The number of aryl methyl sites for hydroxylation is 1. The molecule has 6 nitrogen and oxygen atoms in total. The Morgan fingerprint density at radius 3 is 2.23 bits per heavy atom. The van der Waals surface area contributed by atoms with Gasteiger partial charge in [-0.2, -0.15) is 0 Å². The standard InChI is InChI=1S/C33H29FO6/c1-6-31(35)38-18-24-8-7-23-15-21(9-12-26(23)24)22-10-13-27(29(34)16-22)28-14-11-25(39-32(36)19(2)3)17-30(28)40-33(37)20(4)5/h6,9-17,24H,1-2,4,7-8,18H2,3,5H3. The van der Waals surface area contributed by atoms with Crippen LogP contribution in [0.5, 0.6) is 11.5 Å². The number of hydrogen-bond donors (Lipinski definition) is 0. The third kappa shape index (κ3) is 6.26. The smallest absolute Gasteiger partial charge is 0.338 e. The van der Waals surface area contributed by atoms with Gasteiger partial charge in [0, 0.05) is 40.3 Å². The maximum atomic E-state index is 15.5. The number of carbonyl (C=O) groups excluding carboxylic acids is 3. The lowest BCUT2D eigenvalue weighted by molar-refractivity contribution is -0.138. The molecule has 0 saturated carbocycles. The predicted molar refractivity (Wildman–Crippen MR) is 150 cm³/mol. The molecule has 0 fully saturated rings. The van der Waals surface area contributed by atoms with Crippen molar-refractivity contribution >= 4 is 17.9 Å². The third-order valence-electron chi connectivity index (χ3n) is 6.59. The fourth-order valence-electron chi connectivity index (χ4n) is 4.47. The van der Waals surface area contributed by atoms with Gasteiger partial charge in [-0.05, 0) is 67.1 Å². The van der Waals surface area contributed by atoms with Gasteiger partial charge in [-0.15, -0.1) is 0 Å². The Morgan fingerprint density at radius 1 is 0.900 bits per heavy atom. The van der Waals surface area contributed by atoms with Crippen LogP contribution in [0.2, 0.25) is 0 Å². The van der Waals surface area contributed by atoms with Crippen LogP contribution in [-0.2, 0) is 25.5 Å². The molecule has 0 aliphatic heterocycles. The number of ether oxygens (including phenoxy) is 3. The number of benzene rings is 3. The van der Waals surface area contributed by atoms with Crippen molar-refractivity contribution in [2.24, 2.45) is 0 Å². The van der Waals surface area contributed by atoms with E-state index in [1.165, 1.54) is 38.1 Å². The second-order valence-corrected chi connectivity index (χ2v) is 9.68. The minimum Gasteiger partial charge on any atom is -0.462 e. The molecule has 0 spiro atoms. The molecule has 1 aliphatic rings. The number of halogens is 1. The molecule has 40 heavy (non-hydrogen) atoms. The fraction of sp³-hybridized carbons (Fsp3) is 0.182. The van der Waals surface area contributed by atoms with E-state index >= 15 is 4.39 Å². The van der Waals surface area contributed by atoms with E-state index in [9.17, 15) is 14.4 Å². The van der Waals surface area contributed by atoms with E-state index in [1.54, 1.807) is 12.1 Å². The summed E-state index contributed by atoms with van der Waals surface area (Å²) in [5.41, 5.74) is 4.65. The summed E-state index contributed by atoms with van der Waals surface area (Å²) < 4.78 is 31.5. The van der Waals surface area contributed by atoms with Crippen molar-refractivity contribution in [2.45, 2.75) is 32.6 Å². The summed E-state index contributed by atoms with van der Waals surface area (Å²) in [6.07, 6.45) is 2.84. The van der Waals surface area contributed by atoms with E-state index in [2.05, 4.69) is 19.7 Å². The Hall–Kier alpha value is -4.78. The van der Waals surface area contributed by atoms with Gasteiger partial charge in [0.1, 0.15) is 17.3 Å². The first-order valence-electron chi connectivity index (χ1n) is 12.7. The van der Waals surface area contributed by atoms with Crippen LogP contribution in [0.3, 0.4) is 0 Å². The maximum absolute atomic E-state index is 15.5. The van der Waals surface area contributed by atoms with Gasteiger partial charge in [-0.25, -0.2) is 18.8 Å². The van der Waals surface area contributed by atoms with Gasteiger partial charge in [0.15, 0.2) is 0 Å². The molecule has 3 aromatic carbocycles. The summed E-state index contributed by atoms with van der Waals surface area (Å²) in [5.74, 6) is -2.05. The lowest BCUT2D eigenvalue weighted by Gasteiger charge is -2.14. The van der Waals surface area contributed by atoms with Crippen LogP contribution in [0, 0.1) is 5.82 Å². The lowest BCUT2D eigenvalue weighted by Crippen LogP contribution is -2.11. The Balaban J connectivity index is 1.63. The van der Waals surface area contributed by atoms with Crippen LogP contribution < -0.4 is 9.47 Å². The molecular formula is C33H29FO6. The first-order chi connectivity index (χ1) is 19.1. The lowest BCUT2D eigenvalue weighted by atomic mass is 9.95. The van der Waals surface area contributed by atoms with Gasteiger partial charge in [0.05, 0.1) is 6.61 Å². The molecule has 7 heteroatoms. The first-order valence-corrected chi connectivity index (χ1v) is 12.7. The zero-order valence-corrected chi connectivity index (χ0v) is 22.4. The van der Waals surface area contributed by atoms with E-state index in [0.29, 0.717) is 17.7 Å². The average molecular weight is 541 g/mol. The second-order valence-electron chi connectivity index (χ2n) is 9.68. The molecule has 0 saturated heterocycles. The number of fused-ring (bicyclic) bond motifs is 1. The minimum atomic E-state index is -0.697. The first kappa shape index (κ1) is 28.2. The largest absolute Gasteiger partial charge is 0.462 e. The van der Waals surface area contributed by atoms with Crippen molar-refractivity contribution in [3.05, 3.63) is 109 Å². The van der Waals surface area contributed by atoms with Crippen LogP contribution in [0.25, 0.3) is 22.3 Å². The average Bonchev–Trinajstić information content (AvgIpc) is 3.34. The van der Waals surface area contributed by atoms with Crippen molar-refractivity contribution in [2.75, 3.05) is 6.61 Å². The highest BCUT2D eigenvalue weighted by atomic mass is 19.1. The number of carbonyl (C=O) groups is 3. The predicted octanol–water partition coefficient (Wildman–Crippen LogP) is 6.88. The molecule has 0 aromatic heterocycles. The normalized spacial score (nSPS) is 13.6. The van der Waals surface area contributed by atoms with Crippen LogP contribution in [0.15, 0.2) is 91.6 Å². The van der Waals surface area contributed by atoms with Crippen molar-refractivity contribution < 1.29 is 33.0 Å². The second kappa shape index (κ2) is 11.9. The molecule has 0 N–H and O–H groups in total. The van der Waals surface area contributed by atoms with E-state index in [4.69, 9.17) is 14.2 Å². The van der Waals surface area contributed by atoms with Crippen LogP contribution in [0.1, 0.15) is 37.3 Å². The Kier molecular flexibility index (Phi) is 8.43. The van der Waals surface area contributed by atoms with Gasteiger partial charge in [0.25, 0.3) is 0 Å². The summed E-state index contributed by atoms with van der Waals surface area (Å²) in [4.78, 5) is 35.7. The highest BCUT2D eigenvalue weighted by molar-refractivity contribution is 5.91. The van der Waals surface area contributed by atoms with Crippen LogP contribution in [-0.4, -0.2) is 24.5 Å². The van der Waals surface area contributed by atoms with Crippen molar-refractivity contribution in [1.82, 2.24) is 0 Å². The monoisotopic (exact) mass is 540 g/mol. The minimum absolute atomic E-state index is 0.0207. The zero-order valence-electron chi connectivity index (χ0n) is 22.4. The molecular weight excluding hydrogens is 511 g/mol. The van der Waals surface area contributed by atoms with Crippen LogP contribution in [0.4, 0.5) is 4.39 Å². The quantitative estimate of drug-likeness (QED) is 0.167. The SMILES string of the molecule is C=CC(=O)OCC1CCc2cc(-c3ccc(-c4ccc(OC(=O)C(=C)C)cc4OC(=O)C(=C)C)c(F)c3)ccc21. The summed E-state index contributed by atoms with van der Waals surface area (Å²) in [6, 6.07) is 15.1. The molecule has 0 amide bonds. The molecule has 1 aliphatic carbocycles. The van der Waals surface area contributed by atoms with Crippen molar-refractivity contribution in [3.8, 4) is 33.8 Å². The highest BCUT2D eigenvalue weighted by Crippen LogP contribution is 2.39. The molecule has 0 bridgehead atoms. The third-order valence-corrected chi connectivity index (χ3v) is 6.59. The molecule has 0 radical (unpaired) electrons. The van der Waals surface area contributed by atoms with Gasteiger partial charge in [-0.1, -0.05) is 50.1 Å².